The van der Waals surface area contributed by atoms with Crippen molar-refractivity contribution in [3.05, 3.63) is 60.2 Å². The second-order valence-corrected chi connectivity index (χ2v) is 5.38. The minimum absolute atomic E-state index is 0.0219. The Labute approximate surface area is 130 Å². The Morgan fingerprint density at radius 2 is 1.91 bits per heavy atom. The number of morpholine rings is 1. The maximum Gasteiger partial charge on any atom is 0.254 e. The van der Waals surface area contributed by atoms with Gasteiger partial charge in [-0.15, -0.1) is 0 Å². The van der Waals surface area contributed by atoms with Crippen LogP contribution in [0.1, 0.15) is 17.3 Å². The molecule has 4 heteroatoms. The molecule has 1 saturated heterocycles. The predicted molar refractivity (Wildman–Crippen MR) is 84.3 cm³/mol. The molecule has 0 saturated carbocycles. The molecule has 0 aromatic heterocycles. The molecule has 4 nitrogen and oxygen atoms in total. The average molecular weight is 297 g/mol. The largest absolute Gasteiger partial charge is 0.457 e. The van der Waals surface area contributed by atoms with Crippen molar-refractivity contribution in [2.75, 3.05) is 19.7 Å². The van der Waals surface area contributed by atoms with Gasteiger partial charge in [-0.1, -0.05) is 24.3 Å². The van der Waals surface area contributed by atoms with Crippen molar-refractivity contribution in [3.8, 4) is 11.5 Å². The molecule has 1 unspecified atom stereocenters. The fraction of sp³-hybridized carbons (Fsp3) is 0.278. The minimum Gasteiger partial charge on any atom is -0.457 e. The van der Waals surface area contributed by atoms with Crippen LogP contribution in [0.3, 0.4) is 0 Å². The number of para-hydroxylation sites is 1. The van der Waals surface area contributed by atoms with E-state index >= 15 is 0 Å². The summed E-state index contributed by atoms with van der Waals surface area (Å²) in [4.78, 5) is 14.4. The lowest BCUT2D eigenvalue weighted by atomic mass is 10.1. The number of benzene rings is 2. The highest BCUT2D eigenvalue weighted by Crippen LogP contribution is 2.22. The molecular formula is C18H19NO3. The van der Waals surface area contributed by atoms with Crippen molar-refractivity contribution in [1.29, 1.82) is 0 Å². The Morgan fingerprint density at radius 1 is 1.14 bits per heavy atom. The first-order valence-corrected chi connectivity index (χ1v) is 7.46. The van der Waals surface area contributed by atoms with Gasteiger partial charge in [0.2, 0.25) is 0 Å². The molecule has 0 aliphatic carbocycles. The molecule has 1 aliphatic rings. The summed E-state index contributed by atoms with van der Waals surface area (Å²) in [6.45, 7) is 3.83. The van der Waals surface area contributed by atoms with Gasteiger partial charge in [-0.3, -0.25) is 4.79 Å². The standard InChI is InChI=1S/C18H19NO3/c1-14-13-19(10-11-21-14)18(20)15-6-5-9-17(12-15)22-16-7-3-2-4-8-16/h2-9,12,14H,10-11,13H2,1H3. The molecule has 3 rings (SSSR count). The van der Waals surface area contributed by atoms with E-state index in [1.807, 2.05) is 60.4 Å². The van der Waals surface area contributed by atoms with E-state index in [1.54, 1.807) is 6.07 Å². The number of carbonyl (C=O) groups is 1. The van der Waals surface area contributed by atoms with Crippen molar-refractivity contribution in [3.63, 3.8) is 0 Å². The van der Waals surface area contributed by atoms with E-state index in [1.165, 1.54) is 0 Å². The zero-order valence-corrected chi connectivity index (χ0v) is 12.6. The molecule has 1 heterocycles. The Bertz CT molecular complexity index is 642. The highest BCUT2D eigenvalue weighted by Gasteiger charge is 2.22. The summed E-state index contributed by atoms with van der Waals surface area (Å²) in [6.07, 6.45) is 0.0847. The fourth-order valence-corrected chi connectivity index (χ4v) is 2.50. The normalized spacial score (nSPS) is 18.0. The van der Waals surface area contributed by atoms with Crippen molar-refractivity contribution < 1.29 is 14.3 Å². The molecule has 22 heavy (non-hydrogen) atoms. The monoisotopic (exact) mass is 297 g/mol. The zero-order valence-electron chi connectivity index (χ0n) is 12.6. The Kier molecular flexibility index (Phi) is 4.39. The second kappa shape index (κ2) is 6.62. The lowest BCUT2D eigenvalue weighted by Crippen LogP contribution is -2.44. The summed E-state index contributed by atoms with van der Waals surface area (Å²) >= 11 is 0. The molecular weight excluding hydrogens is 278 g/mol. The molecule has 1 aliphatic heterocycles. The van der Waals surface area contributed by atoms with Gasteiger partial charge in [-0.25, -0.2) is 0 Å². The van der Waals surface area contributed by atoms with Gasteiger partial charge in [0.25, 0.3) is 5.91 Å². The second-order valence-electron chi connectivity index (χ2n) is 5.38. The van der Waals surface area contributed by atoms with Crippen molar-refractivity contribution >= 4 is 5.91 Å². The summed E-state index contributed by atoms with van der Waals surface area (Å²) in [7, 11) is 0. The van der Waals surface area contributed by atoms with E-state index in [4.69, 9.17) is 9.47 Å². The highest BCUT2D eigenvalue weighted by atomic mass is 16.5. The third-order valence-corrected chi connectivity index (χ3v) is 3.59. The number of hydrogen-bond donors (Lipinski definition) is 0. The molecule has 1 fully saturated rings. The quantitative estimate of drug-likeness (QED) is 0.872. The van der Waals surface area contributed by atoms with E-state index in [0.717, 1.165) is 5.75 Å². The molecule has 0 spiro atoms. The summed E-state index contributed by atoms with van der Waals surface area (Å²) in [5, 5.41) is 0. The van der Waals surface area contributed by atoms with Gasteiger partial charge < -0.3 is 14.4 Å². The van der Waals surface area contributed by atoms with Crippen LogP contribution >= 0.6 is 0 Å². The Balaban J connectivity index is 1.74. The fourth-order valence-electron chi connectivity index (χ4n) is 2.50. The van der Waals surface area contributed by atoms with Gasteiger partial charge in [-0.05, 0) is 37.3 Å². The van der Waals surface area contributed by atoms with E-state index < -0.39 is 0 Å². The maximum atomic E-state index is 12.6. The first kappa shape index (κ1) is 14.6. The summed E-state index contributed by atoms with van der Waals surface area (Å²) in [6, 6.07) is 16.8. The van der Waals surface area contributed by atoms with Crippen LogP contribution in [0, 0.1) is 0 Å². The van der Waals surface area contributed by atoms with Crippen molar-refractivity contribution in [2.45, 2.75) is 13.0 Å². The minimum atomic E-state index is 0.0219. The third-order valence-electron chi connectivity index (χ3n) is 3.59. The molecule has 0 bridgehead atoms. The Hall–Kier alpha value is -2.33. The van der Waals surface area contributed by atoms with Crippen molar-refractivity contribution in [1.82, 2.24) is 4.90 Å². The molecule has 2 aromatic carbocycles. The van der Waals surface area contributed by atoms with Gasteiger partial charge in [0.15, 0.2) is 0 Å². The van der Waals surface area contributed by atoms with Crippen LogP contribution < -0.4 is 4.74 Å². The molecule has 114 valence electrons. The summed E-state index contributed by atoms with van der Waals surface area (Å²) in [5.41, 5.74) is 0.641. The SMILES string of the molecule is CC1CN(C(=O)c2cccc(Oc3ccccc3)c2)CCO1. The first-order chi connectivity index (χ1) is 10.7. The summed E-state index contributed by atoms with van der Waals surface area (Å²) in [5.74, 6) is 1.44. The predicted octanol–water partition coefficient (Wildman–Crippen LogP) is 3.34. The van der Waals surface area contributed by atoms with E-state index in [9.17, 15) is 4.79 Å². The average Bonchev–Trinajstić information content (AvgIpc) is 2.55. The van der Waals surface area contributed by atoms with Gasteiger partial charge >= 0.3 is 0 Å². The lowest BCUT2D eigenvalue weighted by Gasteiger charge is -2.31. The van der Waals surface area contributed by atoms with Gasteiger partial charge in [0.05, 0.1) is 12.7 Å². The van der Waals surface area contributed by atoms with Crippen molar-refractivity contribution in [2.24, 2.45) is 0 Å². The van der Waals surface area contributed by atoms with Gasteiger partial charge in [-0.2, -0.15) is 0 Å². The third kappa shape index (κ3) is 3.46. The van der Waals surface area contributed by atoms with Crippen LogP contribution in [0.5, 0.6) is 11.5 Å². The molecule has 0 radical (unpaired) electrons. The zero-order chi connectivity index (χ0) is 15.4. The Morgan fingerprint density at radius 3 is 2.68 bits per heavy atom. The van der Waals surface area contributed by atoms with Gasteiger partial charge in [0, 0.05) is 18.7 Å². The molecule has 0 N–H and O–H groups in total. The van der Waals surface area contributed by atoms with Crippen LogP contribution in [0.4, 0.5) is 0 Å². The lowest BCUT2D eigenvalue weighted by molar-refractivity contribution is -0.0124. The number of rotatable bonds is 3. The van der Waals surface area contributed by atoms with E-state index in [0.29, 0.717) is 31.0 Å². The molecule has 1 amide bonds. The van der Waals surface area contributed by atoms with Crippen LogP contribution in [-0.2, 0) is 4.74 Å². The van der Waals surface area contributed by atoms with Gasteiger partial charge in [0.1, 0.15) is 11.5 Å². The summed E-state index contributed by atoms with van der Waals surface area (Å²) < 4.78 is 11.3. The van der Waals surface area contributed by atoms with Crippen LogP contribution in [-0.4, -0.2) is 36.6 Å². The topological polar surface area (TPSA) is 38.8 Å². The smallest absolute Gasteiger partial charge is 0.254 e. The number of carbonyl (C=O) groups excluding carboxylic acids is 1. The number of hydrogen-bond acceptors (Lipinski definition) is 3. The molecule has 2 aromatic rings. The molecule has 1 atom stereocenters. The van der Waals surface area contributed by atoms with Crippen LogP contribution in [0.2, 0.25) is 0 Å². The van der Waals surface area contributed by atoms with E-state index in [-0.39, 0.29) is 12.0 Å². The highest BCUT2D eigenvalue weighted by molar-refractivity contribution is 5.94. The maximum absolute atomic E-state index is 12.6. The van der Waals surface area contributed by atoms with Crippen LogP contribution in [0.25, 0.3) is 0 Å². The number of nitrogens with zero attached hydrogens (tertiary/aromatic N) is 1. The number of ether oxygens (including phenoxy) is 2. The first-order valence-electron chi connectivity index (χ1n) is 7.46. The van der Waals surface area contributed by atoms with Crippen LogP contribution in [0.15, 0.2) is 54.6 Å². The number of amides is 1. The van der Waals surface area contributed by atoms with E-state index in [2.05, 4.69) is 0 Å².